The Bertz CT molecular complexity index is 863. The lowest BCUT2D eigenvalue weighted by atomic mass is 10.1. The predicted octanol–water partition coefficient (Wildman–Crippen LogP) is 3.67. The Hall–Kier alpha value is -2.71. The number of esters is 1. The number of halogens is 1. The van der Waals surface area contributed by atoms with E-state index in [4.69, 9.17) is 10.00 Å². The number of carbonyl (C=O) groups is 1. The summed E-state index contributed by atoms with van der Waals surface area (Å²) in [6, 6.07) is 16.4. The van der Waals surface area contributed by atoms with Crippen LogP contribution in [0.2, 0.25) is 0 Å². The lowest BCUT2D eigenvalue weighted by Gasteiger charge is -2.01. The zero-order valence-corrected chi connectivity index (χ0v) is 12.9. The number of hydrogen-bond acceptors (Lipinski definition) is 4. The van der Waals surface area contributed by atoms with Crippen molar-refractivity contribution in [3.05, 3.63) is 75.4 Å². The third kappa shape index (κ3) is 2.83. The molecule has 0 saturated carbocycles. The Labute approximate surface area is 135 Å². The summed E-state index contributed by atoms with van der Waals surface area (Å²) < 4.78 is 6.02. The number of nitrogens with zero attached hydrogens (tertiary/aromatic N) is 2. The Morgan fingerprint density at radius 3 is 2.77 bits per heavy atom. The van der Waals surface area contributed by atoms with Crippen molar-refractivity contribution in [2.45, 2.75) is 0 Å². The van der Waals surface area contributed by atoms with Crippen LogP contribution in [-0.4, -0.2) is 11.9 Å². The minimum absolute atomic E-state index is 0.209. The summed E-state index contributed by atoms with van der Waals surface area (Å²) in [7, 11) is 0. The molecule has 106 valence electrons. The Morgan fingerprint density at radius 2 is 2.00 bits per heavy atom. The molecule has 1 aliphatic heterocycles. The molecular weight excluding hydrogens is 344 g/mol. The van der Waals surface area contributed by atoms with Crippen molar-refractivity contribution in [2.24, 2.45) is 4.99 Å². The van der Waals surface area contributed by atoms with Crippen molar-refractivity contribution in [1.82, 2.24) is 0 Å². The highest BCUT2D eigenvalue weighted by atomic mass is 79.9. The van der Waals surface area contributed by atoms with Crippen LogP contribution >= 0.6 is 15.9 Å². The highest BCUT2D eigenvalue weighted by Gasteiger charge is 2.25. The fraction of sp³-hybridized carbons (Fsp3) is 0. The average molecular weight is 353 g/mol. The monoisotopic (exact) mass is 352 g/mol. The van der Waals surface area contributed by atoms with Crippen LogP contribution in [0.25, 0.3) is 6.08 Å². The minimum atomic E-state index is -0.506. The minimum Gasteiger partial charge on any atom is -0.402 e. The second kappa shape index (κ2) is 5.96. The second-order valence-electron chi connectivity index (χ2n) is 4.55. The van der Waals surface area contributed by atoms with E-state index in [1.165, 1.54) is 0 Å². The highest BCUT2D eigenvalue weighted by Crippen LogP contribution is 2.24. The molecule has 0 atom stereocenters. The van der Waals surface area contributed by atoms with E-state index in [1.54, 1.807) is 30.3 Å². The van der Waals surface area contributed by atoms with Crippen molar-refractivity contribution in [3.8, 4) is 6.07 Å². The molecule has 0 spiro atoms. The zero-order chi connectivity index (χ0) is 15.5. The van der Waals surface area contributed by atoms with E-state index in [0.717, 1.165) is 10.0 Å². The summed E-state index contributed by atoms with van der Waals surface area (Å²) in [5.41, 5.74) is 2.17. The molecule has 5 heteroatoms. The summed E-state index contributed by atoms with van der Waals surface area (Å²) in [5.74, 6) is -0.242. The molecule has 3 rings (SSSR count). The van der Waals surface area contributed by atoms with E-state index in [9.17, 15) is 4.79 Å². The number of cyclic esters (lactones) is 1. The first-order valence-corrected chi connectivity index (χ1v) is 7.24. The first-order chi connectivity index (χ1) is 10.7. The van der Waals surface area contributed by atoms with Crippen molar-refractivity contribution in [2.75, 3.05) is 0 Å². The summed E-state index contributed by atoms with van der Waals surface area (Å²) in [6.45, 7) is 0. The molecule has 1 heterocycles. The first kappa shape index (κ1) is 14.2. The lowest BCUT2D eigenvalue weighted by Crippen LogP contribution is -2.05. The molecule has 0 amide bonds. The predicted molar refractivity (Wildman–Crippen MR) is 85.9 cm³/mol. The molecule has 2 aromatic carbocycles. The van der Waals surface area contributed by atoms with E-state index in [2.05, 4.69) is 27.0 Å². The van der Waals surface area contributed by atoms with E-state index >= 15 is 0 Å². The van der Waals surface area contributed by atoms with Gasteiger partial charge in [0.15, 0.2) is 5.70 Å². The maximum atomic E-state index is 11.9. The third-order valence-corrected chi connectivity index (χ3v) is 3.74. The summed E-state index contributed by atoms with van der Waals surface area (Å²) in [4.78, 5) is 16.2. The molecule has 0 bridgehead atoms. The fourth-order valence-corrected chi connectivity index (χ4v) is 2.47. The van der Waals surface area contributed by atoms with Crippen molar-refractivity contribution < 1.29 is 9.53 Å². The van der Waals surface area contributed by atoms with Crippen LogP contribution in [0.5, 0.6) is 0 Å². The quantitative estimate of drug-likeness (QED) is 0.611. The van der Waals surface area contributed by atoms with Gasteiger partial charge in [-0.2, -0.15) is 5.26 Å². The van der Waals surface area contributed by atoms with Gasteiger partial charge in [0, 0.05) is 4.47 Å². The van der Waals surface area contributed by atoms with Gasteiger partial charge in [-0.25, -0.2) is 9.79 Å². The SMILES string of the molecule is N#Cc1cccc(/C=C2\N=C(c3ccccc3Br)OC2=O)c1. The van der Waals surface area contributed by atoms with Crippen molar-refractivity contribution in [3.63, 3.8) is 0 Å². The van der Waals surface area contributed by atoms with Gasteiger partial charge < -0.3 is 4.74 Å². The van der Waals surface area contributed by atoms with Crippen LogP contribution < -0.4 is 0 Å². The van der Waals surface area contributed by atoms with Gasteiger partial charge in [-0.1, -0.05) is 24.3 Å². The van der Waals surface area contributed by atoms with Crippen LogP contribution in [0, 0.1) is 11.3 Å². The Morgan fingerprint density at radius 1 is 1.18 bits per heavy atom. The number of hydrogen-bond donors (Lipinski definition) is 0. The number of benzene rings is 2. The molecule has 2 aromatic rings. The van der Waals surface area contributed by atoms with Gasteiger partial charge in [0.25, 0.3) is 0 Å². The zero-order valence-electron chi connectivity index (χ0n) is 11.3. The molecular formula is C17H9BrN2O2. The standard InChI is InChI=1S/C17H9BrN2O2/c18-14-7-2-1-6-13(14)16-20-15(17(21)22-16)9-11-4-3-5-12(8-11)10-19/h1-9H/b15-9-. The van der Waals surface area contributed by atoms with E-state index in [-0.39, 0.29) is 11.6 Å². The summed E-state index contributed by atoms with van der Waals surface area (Å²) in [5, 5.41) is 8.90. The van der Waals surface area contributed by atoms with E-state index in [1.807, 2.05) is 24.3 Å². The lowest BCUT2D eigenvalue weighted by molar-refractivity contribution is -0.129. The van der Waals surface area contributed by atoms with Gasteiger partial charge in [-0.3, -0.25) is 0 Å². The second-order valence-corrected chi connectivity index (χ2v) is 5.41. The molecule has 0 aliphatic carbocycles. The van der Waals surface area contributed by atoms with Gasteiger partial charge in [0.1, 0.15) is 0 Å². The number of rotatable bonds is 2. The van der Waals surface area contributed by atoms with Gasteiger partial charge in [-0.05, 0) is 51.8 Å². The van der Waals surface area contributed by atoms with Crippen LogP contribution in [0.1, 0.15) is 16.7 Å². The van der Waals surface area contributed by atoms with Crippen molar-refractivity contribution >= 4 is 33.9 Å². The molecule has 0 radical (unpaired) electrons. The summed E-state index contributed by atoms with van der Waals surface area (Å²) >= 11 is 3.40. The fourth-order valence-electron chi connectivity index (χ4n) is 2.01. The summed E-state index contributed by atoms with van der Waals surface area (Å²) in [6.07, 6.45) is 1.60. The number of carbonyl (C=O) groups excluding carboxylic acids is 1. The van der Waals surface area contributed by atoms with Gasteiger partial charge in [-0.15, -0.1) is 0 Å². The largest absolute Gasteiger partial charge is 0.402 e. The number of aliphatic imine (C=N–C) groups is 1. The molecule has 1 aliphatic rings. The van der Waals surface area contributed by atoms with Crippen LogP contribution in [0.3, 0.4) is 0 Å². The smallest absolute Gasteiger partial charge is 0.363 e. The topological polar surface area (TPSA) is 62.4 Å². The number of nitriles is 1. The third-order valence-electron chi connectivity index (χ3n) is 3.04. The van der Waals surface area contributed by atoms with E-state index in [0.29, 0.717) is 11.1 Å². The van der Waals surface area contributed by atoms with Crippen molar-refractivity contribution in [1.29, 1.82) is 5.26 Å². The molecule has 4 nitrogen and oxygen atoms in total. The maximum Gasteiger partial charge on any atom is 0.363 e. The van der Waals surface area contributed by atoms with Gasteiger partial charge >= 0.3 is 5.97 Å². The number of ether oxygens (including phenoxy) is 1. The van der Waals surface area contributed by atoms with Gasteiger partial charge in [0.2, 0.25) is 5.90 Å². The Balaban J connectivity index is 1.98. The molecule has 0 fully saturated rings. The normalized spacial score (nSPS) is 15.4. The van der Waals surface area contributed by atoms with Crippen LogP contribution in [-0.2, 0) is 9.53 Å². The van der Waals surface area contributed by atoms with Crippen LogP contribution in [0.15, 0.2) is 63.7 Å². The molecule has 0 N–H and O–H groups in total. The first-order valence-electron chi connectivity index (χ1n) is 6.45. The molecule has 0 saturated heterocycles. The van der Waals surface area contributed by atoms with Crippen LogP contribution in [0.4, 0.5) is 0 Å². The Kier molecular flexibility index (Phi) is 3.86. The van der Waals surface area contributed by atoms with E-state index < -0.39 is 5.97 Å². The maximum absolute atomic E-state index is 11.9. The highest BCUT2D eigenvalue weighted by molar-refractivity contribution is 9.10. The molecule has 22 heavy (non-hydrogen) atoms. The average Bonchev–Trinajstić information content (AvgIpc) is 2.89. The molecule has 0 unspecified atom stereocenters. The molecule has 0 aromatic heterocycles. The van der Waals surface area contributed by atoms with Gasteiger partial charge in [0.05, 0.1) is 17.2 Å².